The Balaban J connectivity index is 1.72. The summed E-state index contributed by atoms with van der Waals surface area (Å²) in [6, 6.07) is 2.19. The molecule has 1 fully saturated rings. The van der Waals surface area contributed by atoms with Crippen molar-refractivity contribution < 1.29 is 4.79 Å². The van der Waals surface area contributed by atoms with Crippen molar-refractivity contribution in [2.75, 3.05) is 5.32 Å². The number of rotatable bonds is 2. The molecule has 2 aromatic heterocycles. The maximum Gasteiger partial charge on any atom is 0.237 e. The van der Waals surface area contributed by atoms with E-state index in [2.05, 4.69) is 21.5 Å². The van der Waals surface area contributed by atoms with Crippen LogP contribution in [0.1, 0.15) is 60.6 Å². The van der Waals surface area contributed by atoms with Gasteiger partial charge in [0.15, 0.2) is 0 Å². The number of carbonyl (C=O) groups excluding carboxylic acids is 1. The minimum absolute atomic E-state index is 0.00343. The number of hydrogen-bond acceptors (Lipinski definition) is 3. The highest BCUT2D eigenvalue weighted by molar-refractivity contribution is 6.04. The lowest BCUT2D eigenvalue weighted by atomic mass is 9.83. The molecular weight excluding hydrogens is 276 g/mol. The summed E-state index contributed by atoms with van der Waals surface area (Å²) in [4.78, 5) is 16.8. The topological polar surface area (TPSA) is 59.8 Å². The summed E-state index contributed by atoms with van der Waals surface area (Å²) in [5, 5.41) is 7.10. The normalized spacial score (nSPS) is 21.7. The highest BCUT2D eigenvalue weighted by Crippen LogP contribution is 2.39. The van der Waals surface area contributed by atoms with Crippen LogP contribution in [0.2, 0.25) is 0 Å². The van der Waals surface area contributed by atoms with Crippen LogP contribution >= 0.6 is 0 Å². The quantitative estimate of drug-likeness (QED) is 0.927. The number of anilines is 1. The lowest BCUT2D eigenvalue weighted by Crippen LogP contribution is -2.12. The molecule has 2 aliphatic rings. The van der Waals surface area contributed by atoms with Gasteiger partial charge in [0.1, 0.15) is 5.82 Å². The number of amides is 1. The van der Waals surface area contributed by atoms with E-state index in [1.165, 1.54) is 37.7 Å². The zero-order valence-electron chi connectivity index (χ0n) is 12.7. The van der Waals surface area contributed by atoms with Crippen LogP contribution in [0.25, 0.3) is 0 Å². The number of aromatic nitrogens is 3. The maximum absolute atomic E-state index is 12.3. The van der Waals surface area contributed by atoms with Crippen LogP contribution < -0.4 is 5.32 Å². The van der Waals surface area contributed by atoms with Crippen LogP contribution in [0.3, 0.4) is 0 Å². The van der Waals surface area contributed by atoms with Crippen molar-refractivity contribution in [3.8, 4) is 0 Å². The van der Waals surface area contributed by atoms with E-state index >= 15 is 0 Å². The van der Waals surface area contributed by atoms with Crippen LogP contribution in [-0.4, -0.2) is 20.7 Å². The van der Waals surface area contributed by atoms with Gasteiger partial charge in [-0.3, -0.25) is 9.48 Å². The molecule has 1 N–H and O–H groups in total. The van der Waals surface area contributed by atoms with Gasteiger partial charge in [-0.1, -0.05) is 19.3 Å². The Bertz CT molecular complexity index is 715. The van der Waals surface area contributed by atoms with E-state index in [-0.39, 0.29) is 11.8 Å². The average molecular weight is 296 g/mol. The predicted molar refractivity (Wildman–Crippen MR) is 83.7 cm³/mol. The Labute approximate surface area is 129 Å². The van der Waals surface area contributed by atoms with Gasteiger partial charge >= 0.3 is 0 Å². The van der Waals surface area contributed by atoms with Gasteiger partial charge in [0.25, 0.3) is 0 Å². The second kappa shape index (κ2) is 5.23. The van der Waals surface area contributed by atoms with Crippen molar-refractivity contribution in [1.82, 2.24) is 14.8 Å². The Kier molecular flexibility index (Phi) is 3.21. The van der Waals surface area contributed by atoms with Crippen LogP contribution in [0.5, 0.6) is 0 Å². The minimum atomic E-state index is -0.278. The molecule has 1 unspecified atom stereocenters. The molecular formula is C17H20N4O. The maximum atomic E-state index is 12.3. The monoisotopic (exact) mass is 296 g/mol. The number of carbonyl (C=O) groups is 1. The van der Waals surface area contributed by atoms with Crippen LogP contribution in [0.4, 0.5) is 5.82 Å². The molecule has 1 amide bonds. The largest absolute Gasteiger partial charge is 0.310 e. The predicted octanol–water partition coefficient (Wildman–Crippen LogP) is 2.95. The zero-order chi connectivity index (χ0) is 15.1. The number of nitrogens with one attached hydrogen (secondary N) is 1. The Morgan fingerprint density at radius 2 is 2.00 bits per heavy atom. The molecule has 0 saturated heterocycles. The molecule has 1 aliphatic carbocycles. The number of pyridine rings is 1. The summed E-state index contributed by atoms with van der Waals surface area (Å²) in [6.45, 7) is 0. The Morgan fingerprint density at radius 3 is 2.73 bits per heavy atom. The van der Waals surface area contributed by atoms with Gasteiger partial charge in [-0.2, -0.15) is 5.10 Å². The van der Waals surface area contributed by atoms with Gasteiger partial charge in [-0.15, -0.1) is 0 Å². The summed E-state index contributed by atoms with van der Waals surface area (Å²) in [7, 11) is 1.87. The molecule has 0 aromatic carbocycles. The van der Waals surface area contributed by atoms with E-state index in [9.17, 15) is 4.79 Å². The highest BCUT2D eigenvalue weighted by Gasteiger charge is 2.34. The fourth-order valence-electron chi connectivity index (χ4n) is 3.73. The summed E-state index contributed by atoms with van der Waals surface area (Å²) in [5.41, 5.74) is 3.21. The van der Waals surface area contributed by atoms with E-state index in [0.717, 1.165) is 11.1 Å². The molecule has 5 heteroatoms. The van der Waals surface area contributed by atoms with Crippen molar-refractivity contribution in [3.05, 3.63) is 41.3 Å². The van der Waals surface area contributed by atoms with Crippen molar-refractivity contribution >= 4 is 11.7 Å². The lowest BCUT2D eigenvalue weighted by molar-refractivity contribution is -0.116. The standard InChI is InChI=1S/C17H20N4O/c1-21-10-13(9-19-21)15-14-7-12(11-5-3-2-4-6-11)8-18-16(14)20-17(15)22/h7-11,15H,2-6H2,1H3,(H,18,20,22). The third-order valence-corrected chi connectivity index (χ3v) is 4.89. The SMILES string of the molecule is Cn1cc(C2C(=O)Nc3ncc(C4CCCCC4)cc32)cn1. The van der Waals surface area contributed by atoms with Crippen molar-refractivity contribution in [3.63, 3.8) is 0 Å². The summed E-state index contributed by atoms with van der Waals surface area (Å²) >= 11 is 0. The van der Waals surface area contributed by atoms with Gasteiger partial charge < -0.3 is 5.32 Å². The van der Waals surface area contributed by atoms with Gasteiger partial charge in [0.05, 0.1) is 12.1 Å². The molecule has 0 radical (unpaired) electrons. The van der Waals surface area contributed by atoms with E-state index in [1.54, 1.807) is 10.9 Å². The van der Waals surface area contributed by atoms with Crippen molar-refractivity contribution in [1.29, 1.82) is 0 Å². The molecule has 2 aromatic rings. The number of hydrogen-bond donors (Lipinski definition) is 1. The van der Waals surface area contributed by atoms with Crippen molar-refractivity contribution in [2.45, 2.75) is 43.9 Å². The van der Waals surface area contributed by atoms with E-state index in [0.29, 0.717) is 11.7 Å². The fourth-order valence-corrected chi connectivity index (χ4v) is 3.73. The summed E-state index contributed by atoms with van der Waals surface area (Å²) in [5.74, 6) is 1.02. The zero-order valence-corrected chi connectivity index (χ0v) is 12.7. The summed E-state index contributed by atoms with van der Waals surface area (Å²) < 4.78 is 1.74. The summed E-state index contributed by atoms with van der Waals surface area (Å²) in [6.07, 6.45) is 12.0. The first-order valence-corrected chi connectivity index (χ1v) is 8.01. The van der Waals surface area contributed by atoms with Crippen molar-refractivity contribution in [2.24, 2.45) is 7.05 Å². The lowest BCUT2D eigenvalue weighted by Gasteiger charge is -2.22. The van der Waals surface area contributed by atoms with Crippen LogP contribution in [0.15, 0.2) is 24.7 Å². The highest BCUT2D eigenvalue weighted by atomic mass is 16.2. The van der Waals surface area contributed by atoms with Gasteiger partial charge in [-0.05, 0) is 30.4 Å². The Hall–Kier alpha value is -2.17. The van der Waals surface area contributed by atoms with E-state index in [4.69, 9.17) is 0 Å². The molecule has 1 aliphatic heterocycles. The first-order valence-electron chi connectivity index (χ1n) is 8.01. The first-order chi connectivity index (χ1) is 10.7. The van der Waals surface area contributed by atoms with E-state index in [1.807, 2.05) is 19.4 Å². The Morgan fingerprint density at radius 1 is 1.18 bits per heavy atom. The fraction of sp³-hybridized carbons (Fsp3) is 0.471. The molecule has 3 heterocycles. The molecule has 114 valence electrons. The van der Waals surface area contributed by atoms with Gasteiger partial charge in [0, 0.05) is 30.6 Å². The molecule has 0 bridgehead atoms. The average Bonchev–Trinajstić information content (AvgIpc) is 3.09. The van der Waals surface area contributed by atoms with Gasteiger partial charge in [0.2, 0.25) is 5.91 Å². The van der Waals surface area contributed by atoms with Crippen LogP contribution in [-0.2, 0) is 11.8 Å². The van der Waals surface area contributed by atoms with Crippen LogP contribution in [0, 0.1) is 0 Å². The van der Waals surface area contributed by atoms with Gasteiger partial charge in [-0.25, -0.2) is 4.98 Å². The number of fused-ring (bicyclic) bond motifs is 1. The minimum Gasteiger partial charge on any atom is -0.310 e. The second-order valence-corrected chi connectivity index (χ2v) is 6.41. The third-order valence-electron chi connectivity index (χ3n) is 4.89. The number of aryl methyl sites for hydroxylation is 1. The van der Waals surface area contributed by atoms with E-state index < -0.39 is 0 Å². The molecule has 1 atom stereocenters. The molecule has 0 spiro atoms. The molecule has 22 heavy (non-hydrogen) atoms. The first kappa shape index (κ1) is 13.5. The molecule has 5 nitrogen and oxygen atoms in total. The molecule has 4 rings (SSSR count). The number of nitrogens with zero attached hydrogens (tertiary/aromatic N) is 3. The molecule has 1 saturated carbocycles. The smallest absolute Gasteiger partial charge is 0.237 e. The second-order valence-electron chi connectivity index (χ2n) is 6.41. The third kappa shape index (κ3) is 2.21.